The molecule has 27 heavy (non-hydrogen) atoms. The lowest BCUT2D eigenvalue weighted by Gasteiger charge is -2.36. The standard InChI is InChI=1S/C13H18FNO.C7H8O3S/c1-15-7-6-13(11(8-15)9-16)10-2-4-12(14)5-3-10;1-6-2-4-7(5-3-6)11(8,9)10/h2-5,11,13,16H,6-9H2,1H3;2-5H,1H3,(H,8,9,10)/t11-,13-;/m1./s1. The van der Waals surface area contributed by atoms with Crippen LogP contribution in [0.4, 0.5) is 4.39 Å². The number of aliphatic hydroxyl groups excluding tert-OH is 1. The van der Waals surface area contributed by atoms with E-state index in [1.807, 2.05) is 19.1 Å². The number of nitrogens with zero attached hydrogens (tertiary/aromatic N) is 1. The molecule has 2 atom stereocenters. The lowest BCUT2D eigenvalue weighted by atomic mass is 9.81. The van der Waals surface area contributed by atoms with Crippen molar-refractivity contribution < 1.29 is 22.5 Å². The van der Waals surface area contributed by atoms with E-state index in [0.717, 1.165) is 30.6 Å². The highest BCUT2D eigenvalue weighted by Crippen LogP contribution is 2.32. The summed E-state index contributed by atoms with van der Waals surface area (Å²) in [4.78, 5) is 2.17. The molecule has 148 valence electrons. The van der Waals surface area contributed by atoms with E-state index in [4.69, 9.17) is 4.55 Å². The smallest absolute Gasteiger partial charge is 0.294 e. The van der Waals surface area contributed by atoms with Crippen LogP contribution in [0.3, 0.4) is 0 Å². The van der Waals surface area contributed by atoms with Crippen molar-refractivity contribution >= 4 is 10.1 Å². The van der Waals surface area contributed by atoms with E-state index in [9.17, 15) is 17.9 Å². The number of halogens is 1. The van der Waals surface area contributed by atoms with Gasteiger partial charge in [0.1, 0.15) is 5.82 Å². The largest absolute Gasteiger partial charge is 0.396 e. The van der Waals surface area contributed by atoms with Crippen molar-refractivity contribution in [2.75, 3.05) is 26.7 Å². The molecule has 2 aromatic rings. The SMILES string of the molecule is CN1CC[C@H](c2ccc(F)cc2)[C@@H](CO)C1.Cc1ccc(S(=O)(=O)O)cc1. The molecule has 2 aromatic carbocycles. The number of piperidine rings is 1. The third-order valence-corrected chi connectivity index (χ3v) is 5.66. The van der Waals surface area contributed by atoms with Gasteiger partial charge in [-0.15, -0.1) is 0 Å². The second-order valence-electron chi connectivity index (χ2n) is 6.94. The van der Waals surface area contributed by atoms with Crippen molar-refractivity contribution in [3.8, 4) is 0 Å². The predicted octanol–water partition coefficient (Wildman–Crippen LogP) is 3.10. The van der Waals surface area contributed by atoms with Crippen LogP contribution in [0.2, 0.25) is 0 Å². The topological polar surface area (TPSA) is 77.8 Å². The molecule has 0 radical (unpaired) electrons. The molecule has 7 heteroatoms. The number of likely N-dealkylation sites (tertiary alicyclic amines) is 1. The van der Waals surface area contributed by atoms with E-state index in [0.29, 0.717) is 5.92 Å². The molecule has 1 heterocycles. The first-order chi connectivity index (χ1) is 12.7. The molecule has 3 rings (SSSR count). The van der Waals surface area contributed by atoms with Crippen molar-refractivity contribution in [2.45, 2.75) is 24.2 Å². The number of hydrogen-bond donors (Lipinski definition) is 2. The Hall–Kier alpha value is -1.80. The van der Waals surface area contributed by atoms with Gasteiger partial charge >= 0.3 is 0 Å². The second-order valence-corrected chi connectivity index (χ2v) is 8.36. The van der Waals surface area contributed by atoms with Crippen LogP contribution >= 0.6 is 0 Å². The average molecular weight is 395 g/mol. The molecular weight excluding hydrogens is 369 g/mol. The summed E-state index contributed by atoms with van der Waals surface area (Å²) in [5, 5.41) is 9.39. The zero-order valence-electron chi connectivity index (χ0n) is 15.5. The number of rotatable bonds is 3. The van der Waals surface area contributed by atoms with Gasteiger partial charge in [-0.25, -0.2) is 4.39 Å². The molecule has 0 aliphatic carbocycles. The maximum Gasteiger partial charge on any atom is 0.294 e. The fraction of sp³-hybridized carbons (Fsp3) is 0.400. The van der Waals surface area contributed by atoms with Crippen LogP contribution in [-0.2, 0) is 10.1 Å². The van der Waals surface area contributed by atoms with Crippen molar-refractivity contribution in [3.63, 3.8) is 0 Å². The van der Waals surface area contributed by atoms with Crippen LogP contribution in [-0.4, -0.2) is 49.7 Å². The van der Waals surface area contributed by atoms with E-state index >= 15 is 0 Å². The van der Waals surface area contributed by atoms with E-state index in [-0.39, 0.29) is 23.2 Å². The maximum absolute atomic E-state index is 12.8. The fourth-order valence-electron chi connectivity index (χ4n) is 3.26. The van der Waals surface area contributed by atoms with Crippen LogP contribution < -0.4 is 0 Å². The molecule has 5 nitrogen and oxygen atoms in total. The van der Waals surface area contributed by atoms with Crippen molar-refractivity contribution in [1.82, 2.24) is 4.90 Å². The lowest BCUT2D eigenvalue weighted by molar-refractivity contribution is 0.118. The van der Waals surface area contributed by atoms with Gasteiger partial charge in [0.25, 0.3) is 10.1 Å². The lowest BCUT2D eigenvalue weighted by Crippen LogP contribution is -2.38. The number of aryl methyl sites for hydroxylation is 1. The molecular formula is C20H26FNO4S. The Bertz CT molecular complexity index is 822. The van der Waals surface area contributed by atoms with Gasteiger partial charge in [0.15, 0.2) is 0 Å². The minimum atomic E-state index is -4.02. The highest BCUT2D eigenvalue weighted by atomic mass is 32.2. The zero-order chi connectivity index (χ0) is 20.0. The molecule has 0 bridgehead atoms. The summed E-state index contributed by atoms with van der Waals surface area (Å²) >= 11 is 0. The van der Waals surface area contributed by atoms with Crippen LogP contribution in [0.15, 0.2) is 53.4 Å². The predicted molar refractivity (Wildman–Crippen MR) is 103 cm³/mol. The Kier molecular flexibility index (Phi) is 7.49. The fourth-order valence-corrected chi connectivity index (χ4v) is 3.74. The molecule has 1 fully saturated rings. The molecule has 0 spiro atoms. The zero-order valence-corrected chi connectivity index (χ0v) is 16.4. The van der Waals surface area contributed by atoms with Crippen LogP contribution in [0.1, 0.15) is 23.5 Å². The first-order valence-electron chi connectivity index (χ1n) is 8.79. The molecule has 0 aromatic heterocycles. The summed E-state index contributed by atoms with van der Waals surface area (Å²) in [5.74, 6) is 0.434. The minimum absolute atomic E-state index is 0.0666. The first-order valence-corrected chi connectivity index (χ1v) is 10.2. The van der Waals surface area contributed by atoms with Crippen LogP contribution in [0.25, 0.3) is 0 Å². The Morgan fingerprint density at radius 2 is 1.70 bits per heavy atom. The first kappa shape index (κ1) is 21.5. The van der Waals surface area contributed by atoms with E-state index in [1.54, 1.807) is 12.1 Å². The second kappa shape index (κ2) is 9.41. The highest BCUT2D eigenvalue weighted by molar-refractivity contribution is 7.85. The molecule has 1 saturated heterocycles. The van der Waals surface area contributed by atoms with E-state index < -0.39 is 10.1 Å². The van der Waals surface area contributed by atoms with Crippen molar-refractivity contribution in [1.29, 1.82) is 0 Å². The van der Waals surface area contributed by atoms with Crippen LogP contribution in [0, 0.1) is 18.7 Å². The monoisotopic (exact) mass is 395 g/mol. The Morgan fingerprint density at radius 1 is 1.11 bits per heavy atom. The van der Waals surface area contributed by atoms with E-state index in [1.165, 1.54) is 24.3 Å². The Balaban J connectivity index is 0.000000208. The van der Waals surface area contributed by atoms with Gasteiger partial charge in [0, 0.05) is 19.1 Å². The number of hydrogen-bond acceptors (Lipinski definition) is 4. The van der Waals surface area contributed by atoms with Crippen LogP contribution in [0.5, 0.6) is 0 Å². The van der Waals surface area contributed by atoms with Gasteiger partial charge in [-0.05, 0) is 62.7 Å². The van der Waals surface area contributed by atoms with Gasteiger partial charge in [-0.2, -0.15) is 8.42 Å². The third kappa shape index (κ3) is 6.39. The molecule has 1 aliphatic heterocycles. The van der Waals surface area contributed by atoms with Crippen molar-refractivity contribution in [3.05, 3.63) is 65.5 Å². The average Bonchev–Trinajstić information content (AvgIpc) is 2.62. The quantitative estimate of drug-likeness (QED) is 0.781. The maximum atomic E-state index is 12.8. The van der Waals surface area contributed by atoms with Gasteiger partial charge in [-0.3, -0.25) is 4.55 Å². The molecule has 1 aliphatic rings. The summed E-state index contributed by atoms with van der Waals surface area (Å²) in [6, 6.07) is 12.7. The normalized spacial score (nSPS) is 20.6. The van der Waals surface area contributed by atoms with Gasteiger partial charge in [0.2, 0.25) is 0 Å². The minimum Gasteiger partial charge on any atom is -0.396 e. The summed E-state index contributed by atoms with van der Waals surface area (Å²) in [7, 11) is -1.95. The summed E-state index contributed by atoms with van der Waals surface area (Å²) < 4.78 is 42.4. The number of aliphatic hydroxyl groups is 1. The molecule has 0 saturated carbocycles. The summed E-state index contributed by atoms with van der Waals surface area (Å²) in [6.07, 6.45) is 1.04. The van der Waals surface area contributed by atoms with Crippen molar-refractivity contribution in [2.24, 2.45) is 5.92 Å². The Morgan fingerprint density at radius 3 is 2.22 bits per heavy atom. The Labute approximate surface area is 160 Å². The van der Waals surface area contributed by atoms with Gasteiger partial charge in [-0.1, -0.05) is 29.8 Å². The summed E-state index contributed by atoms with van der Waals surface area (Å²) in [5.41, 5.74) is 2.10. The third-order valence-electron chi connectivity index (χ3n) is 4.79. The highest BCUT2D eigenvalue weighted by Gasteiger charge is 2.28. The molecule has 0 unspecified atom stereocenters. The molecule has 0 amide bonds. The molecule has 2 N–H and O–H groups in total. The van der Waals surface area contributed by atoms with Gasteiger partial charge in [0.05, 0.1) is 4.90 Å². The van der Waals surface area contributed by atoms with Gasteiger partial charge < -0.3 is 10.0 Å². The summed E-state index contributed by atoms with van der Waals surface area (Å²) in [6.45, 7) is 4.00. The van der Waals surface area contributed by atoms with E-state index in [2.05, 4.69) is 11.9 Å². The number of benzene rings is 2.